The number of aromatic nitrogens is 3. The Bertz CT molecular complexity index is 474. The van der Waals surface area contributed by atoms with Crippen molar-refractivity contribution in [2.75, 3.05) is 11.1 Å². The SMILES string of the molecule is Nc1ncnc(NCc2ccncc2)c1Cl. The van der Waals surface area contributed by atoms with Gasteiger partial charge in [-0.05, 0) is 17.7 Å². The van der Waals surface area contributed by atoms with Crippen LogP contribution in [0.5, 0.6) is 0 Å². The van der Waals surface area contributed by atoms with E-state index in [0.717, 1.165) is 5.56 Å². The largest absolute Gasteiger partial charge is 0.382 e. The maximum absolute atomic E-state index is 5.93. The molecule has 2 rings (SSSR count). The second-order valence-corrected chi connectivity index (χ2v) is 3.51. The Morgan fingerprint density at radius 1 is 1.25 bits per heavy atom. The van der Waals surface area contributed by atoms with Crippen molar-refractivity contribution >= 4 is 23.2 Å². The maximum atomic E-state index is 5.93. The molecule has 0 saturated carbocycles. The van der Waals surface area contributed by atoms with Gasteiger partial charge in [0.15, 0.2) is 5.82 Å². The van der Waals surface area contributed by atoms with Crippen molar-refractivity contribution in [2.24, 2.45) is 0 Å². The molecule has 0 aliphatic carbocycles. The highest BCUT2D eigenvalue weighted by molar-refractivity contribution is 6.35. The molecule has 3 N–H and O–H groups in total. The summed E-state index contributed by atoms with van der Waals surface area (Å²) in [5, 5.41) is 3.42. The summed E-state index contributed by atoms with van der Waals surface area (Å²) in [7, 11) is 0. The van der Waals surface area contributed by atoms with Gasteiger partial charge in [0, 0.05) is 18.9 Å². The zero-order valence-corrected chi connectivity index (χ0v) is 9.15. The van der Waals surface area contributed by atoms with Crippen LogP contribution < -0.4 is 11.1 Å². The van der Waals surface area contributed by atoms with Crippen molar-refractivity contribution in [3.63, 3.8) is 0 Å². The van der Waals surface area contributed by atoms with Crippen LogP contribution >= 0.6 is 11.6 Å². The fraction of sp³-hybridized carbons (Fsp3) is 0.100. The van der Waals surface area contributed by atoms with E-state index in [1.165, 1.54) is 6.33 Å². The van der Waals surface area contributed by atoms with Gasteiger partial charge in [-0.25, -0.2) is 9.97 Å². The summed E-state index contributed by atoms with van der Waals surface area (Å²) in [6.45, 7) is 0.610. The zero-order chi connectivity index (χ0) is 11.4. The highest BCUT2D eigenvalue weighted by atomic mass is 35.5. The molecule has 0 spiro atoms. The molecule has 0 unspecified atom stereocenters. The Balaban J connectivity index is 2.08. The van der Waals surface area contributed by atoms with E-state index in [-0.39, 0.29) is 5.82 Å². The summed E-state index contributed by atoms with van der Waals surface area (Å²) in [6.07, 6.45) is 4.83. The Morgan fingerprint density at radius 2 is 2.00 bits per heavy atom. The normalized spacial score (nSPS) is 10.1. The molecule has 2 aromatic rings. The van der Waals surface area contributed by atoms with Crippen molar-refractivity contribution in [1.29, 1.82) is 0 Å². The first-order valence-electron chi connectivity index (χ1n) is 4.66. The second-order valence-electron chi connectivity index (χ2n) is 3.13. The van der Waals surface area contributed by atoms with E-state index >= 15 is 0 Å². The van der Waals surface area contributed by atoms with Gasteiger partial charge in [-0.3, -0.25) is 4.98 Å². The van der Waals surface area contributed by atoms with Crippen molar-refractivity contribution in [3.8, 4) is 0 Å². The van der Waals surface area contributed by atoms with Crippen LogP contribution in [-0.2, 0) is 6.54 Å². The first-order chi connectivity index (χ1) is 7.77. The summed E-state index contributed by atoms with van der Waals surface area (Å²) < 4.78 is 0. The summed E-state index contributed by atoms with van der Waals surface area (Å²) in [5.41, 5.74) is 6.64. The molecule has 0 aliphatic rings. The number of hydrogen-bond donors (Lipinski definition) is 2. The minimum absolute atomic E-state index is 0.272. The molecule has 0 aromatic carbocycles. The van der Waals surface area contributed by atoms with Gasteiger partial charge in [-0.2, -0.15) is 0 Å². The van der Waals surface area contributed by atoms with Crippen LogP contribution in [-0.4, -0.2) is 15.0 Å². The lowest BCUT2D eigenvalue weighted by atomic mass is 10.3. The monoisotopic (exact) mass is 235 g/mol. The summed E-state index contributed by atoms with van der Waals surface area (Å²) in [4.78, 5) is 11.7. The highest BCUT2D eigenvalue weighted by Crippen LogP contribution is 2.23. The molecule has 0 amide bonds. The Hall–Kier alpha value is -1.88. The summed E-state index contributed by atoms with van der Waals surface area (Å²) in [6, 6.07) is 3.82. The molecule has 2 heterocycles. The molecule has 16 heavy (non-hydrogen) atoms. The average molecular weight is 236 g/mol. The lowest BCUT2D eigenvalue weighted by molar-refractivity contribution is 1.08. The third-order valence-electron chi connectivity index (χ3n) is 2.03. The van der Waals surface area contributed by atoms with Crippen LogP contribution in [0.25, 0.3) is 0 Å². The van der Waals surface area contributed by atoms with Crippen molar-refractivity contribution < 1.29 is 0 Å². The van der Waals surface area contributed by atoms with Crippen molar-refractivity contribution in [2.45, 2.75) is 6.54 Å². The number of nitrogens with one attached hydrogen (secondary N) is 1. The van der Waals surface area contributed by atoms with Crippen LogP contribution in [0, 0.1) is 0 Å². The summed E-state index contributed by atoms with van der Waals surface area (Å²) in [5.74, 6) is 0.805. The lowest BCUT2D eigenvalue weighted by Gasteiger charge is -2.07. The van der Waals surface area contributed by atoms with Crippen LogP contribution in [0.4, 0.5) is 11.6 Å². The molecule has 0 bridgehead atoms. The smallest absolute Gasteiger partial charge is 0.150 e. The van der Waals surface area contributed by atoms with Gasteiger partial charge in [-0.1, -0.05) is 11.6 Å². The van der Waals surface area contributed by atoms with Gasteiger partial charge < -0.3 is 11.1 Å². The number of nitrogen functional groups attached to an aromatic ring is 1. The first-order valence-corrected chi connectivity index (χ1v) is 5.04. The zero-order valence-electron chi connectivity index (χ0n) is 8.39. The molecule has 0 atom stereocenters. The Kier molecular flexibility index (Phi) is 3.16. The fourth-order valence-electron chi connectivity index (χ4n) is 1.19. The molecule has 2 aromatic heterocycles. The van der Waals surface area contributed by atoms with E-state index < -0.39 is 0 Å². The number of nitrogens with zero attached hydrogens (tertiary/aromatic N) is 3. The minimum Gasteiger partial charge on any atom is -0.382 e. The minimum atomic E-state index is 0.272. The topological polar surface area (TPSA) is 76.7 Å². The van der Waals surface area contributed by atoms with E-state index in [1.807, 2.05) is 12.1 Å². The van der Waals surface area contributed by atoms with Gasteiger partial charge in [0.05, 0.1) is 0 Å². The van der Waals surface area contributed by atoms with E-state index in [2.05, 4.69) is 20.3 Å². The molecule has 6 heteroatoms. The van der Waals surface area contributed by atoms with Crippen LogP contribution in [0.3, 0.4) is 0 Å². The predicted octanol–water partition coefficient (Wildman–Crippen LogP) is 1.72. The van der Waals surface area contributed by atoms with Gasteiger partial charge in [0.2, 0.25) is 0 Å². The van der Waals surface area contributed by atoms with Crippen LogP contribution in [0.2, 0.25) is 5.02 Å². The molecule has 82 valence electrons. The molecule has 0 radical (unpaired) electrons. The molecular weight excluding hydrogens is 226 g/mol. The van der Waals surface area contributed by atoms with E-state index in [9.17, 15) is 0 Å². The number of pyridine rings is 1. The number of rotatable bonds is 3. The Labute approximate surface area is 97.7 Å². The second kappa shape index (κ2) is 4.76. The average Bonchev–Trinajstić information content (AvgIpc) is 2.32. The Morgan fingerprint density at radius 3 is 2.75 bits per heavy atom. The van der Waals surface area contributed by atoms with Crippen LogP contribution in [0.1, 0.15) is 5.56 Å². The van der Waals surface area contributed by atoms with Gasteiger partial charge >= 0.3 is 0 Å². The van der Waals surface area contributed by atoms with E-state index in [0.29, 0.717) is 17.4 Å². The number of halogens is 1. The van der Waals surface area contributed by atoms with Gasteiger partial charge in [0.1, 0.15) is 17.2 Å². The number of anilines is 2. The molecule has 0 saturated heterocycles. The standard InChI is InChI=1S/C10H10ClN5/c11-8-9(12)15-6-16-10(8)14-5-7-1-3-13-4-2-7/h1-4,6H,5H2,(H3,12,14,15,16). The number of hydrogen-bond acceptors (Lipinski definition) is 5. The lowest BCUT2D eigenvalue weighted by Crippen LogP contribution is -2.04. The molecular formula is C10H10ClN5. The summed E-state index contributed by atoms with van der Waals surface area (Å²) >= 11 is 5.93. The highest BCUT2D eigenvalue weighted by Gasteiger charge is 2.05. The van der Waals surface area contributed by atoms with Gasteiger partial charge in [-0.15, -0.1) is 0 Å². The molecule has 0 fully saturated rings. The maximum Gasteiger partial charge on any atom is 0.150 e. The third-order valence-corrected chi connectivity index (χ3v) is 2.40. The fourth-order valence-corrected chi connectivity index (χ4v) is 1.36. The third kappa shape index (κ3) is 2.38. The van der Waals surface area contributed by atoms with Crippen molar-refractivity contribution in [1.82, 2.24) is 15.0 Å². The molecule has 5 nitrogen and oxygen atoms in total. The molecule has 0 aliphatic heterocycles. The predicted molar refractivity (Wildman–Crippen MR) is 63.0 cm³/mol. The van der Waals surface area contributed by atoms with Crippen LogP contribution in [0.15, 0.2) is 30.9 Å². The van der Waals surface area contributed by atoms with E-state index in [1.54, 1.807) is 12.4 Å². The van der Waals surface area contributed by atoms with E-state index in [4.69, 9.17) is 17.3 Å². The quantitative estimate of drug-likeness (QED) is 0.847. The number of nitrogens with two attached hydrogens (primary N) is 1. The first kappa shape index (κ1) is 10.6. The van der Waals surface area contributed by atoms with Crippen molar-refractivity contribution in [3.05, 3.63) is 41.4 Å². The van der Waals surface area contributed by atoms with Gasteiger partial charge in [0.25, 0.3) is 0 Å².